The van der Waals surface area contributed by atoms with Gasteiger partial charge in [-0.1, -0.05) is 23.7 Å². The molecule has 0 aliphatic carbocycles. The Balaban J connectivity index is 2.08. The summed E-state index contributed by atoms with van der Waals surface area (Å²) < 4.78 is 5.27. The van der Waals surface area contributed by atoms with Crippen LogP contribution in [0.25, 0.3) is 0 Å². The number of rotatable bonds is 4. The zero-order valence-corrected chi connectivity index (χ0v) is 10.9. The largest absolute Gasteiger partial charge is 0.495 e. The molecule has 4 heteroatoms. The smallest absolute Gasteiger partial charge is 0.144 e. The Morgan fingerprint density at radius 2 is 1.89 bits per heavy atom. The first-order valence-corrected chi connectivity index (χ1v) is 5.98. The Morgan fingerprint density at radius 1 is 1.17 bits per heavy atom. The number of hydrogen-bond donors (Lipinski definition) is 2. The van der Waals surface area contributed by atoms with Gasteiger partial charge in [-0.3, -0.25) is 0 Å². The quantitative estimate of drug-likeness (QED) is 0.829. The van der Waals surface area contributed by atoms with E-state index < -0.39 is 0 Å². The first kappa shape index (κ1) is 12.6. The lowest BCUT2D eigenvalue weighted by molar-refractivity contribution is 0.416. The van der Waals surface area contributed by atoms with Crippen molar-refractivity contribution < 1.29 is 4.74 Å². The summed E-state index contributed by atoms with van der Waals surface area (Å²) in [6.45, 7) is 0.706. The molecule has 0 fully saturated rings. The molecule has 94 valence electrons. The predicted octanol–water partition coefficient (Wildman–Crippen LogP) is 3.54. The summed E-state index contributed by atoms with van der Waals surface area (Å²) in [6, 6.07) is 13.3. The second-order valence-electron chi connectivity index (χ2n) is 3.94. The van der Waals surface area contributed by atoms with E-state index in [1.165, 1.54) is 0 Å². The number of nitrogens with one attached hydrogen (secondary N) is 1. The number of benzene rings is 2. The molecule has 0 heterocycles. The molecule has 18 heavy (non-hydrogen) atoms. The van der Waals surface area contributed by atoms with E-state index in [0.29, 0.717) is 12.2 Å². The molecule has 0 saturated carbocycles. The molecule has 2 aromatic rings. The summed E-state index contributed by atoms with van der Waals surface area (Å²) in [5.41, 5.74) is 8.46. The molecule has 3 nitrogen and oxygen atoms in total. The molecule has 2 rings (SSSR count). The lowest BCUT2D eigenvalue weighted by atomic mass is 10.2. The van der Waals surface area contributed by atoms with Crippen molar-refractivity contribution in [2.45, 2.75) is 6.54 Å². The molecular weight excluding hydrogens is 248 g/mol. The minimum atomic E-state index is 0.684. The van der Waals surface area contributed by atoms with Crippen molar-refractivity contribution >= 4 is 23.0 Å². The van der Waals surface area contributed by atoms with Crippen LogP contribution in [-0.4, -0.2) is 7.11 Å². The molecule has 0 saturated heterocycles. The second-order valence-corrected chi connectivity index (χ2v) is 4.38. The fraction of sp³-hybridized carbons (Fsp3) is 0.143. The first-order chi connectivity index (χ1) is 8.69. The van der Waals surface area contributed by atoms with E-state index in [9.17, 15) is 0 Å². The maximum atomic E-state index is 5.84. The Hall–Kier alpha value is -1.87. The Morgan fingerprint density at radius 3 is 2.56 bits per heavy atom. The molecule has 0 aliphatic rings. The van der Waals surface area contributed by atoms with Crippen LogP contribution in [0.1, 0.15) is 5.56 Å². The maximum absolute atomic E-state index is 5.84. The number of nitrogen functional groups attached to an aromatic ring is 1. The lowest BCUT2D eigenvalue weighted by Crippen LogP contribution is -2.01. The standard InChI is InChI=1S/C14H15ClN2O/c1-18-14-8-12(16)6-7-13(14)17-9-10-2-4-11(15)5-3-10/h2-8,17H,9,16H2,1H3. The van der Waals surface area contributed by atoms with E-state index in [0.717, 1.165) is 22.0 Å². The minimum absolute atomic E-state index is 0.684. The van der Waals surface area contributed by atoms with Crippen LogP contribution < -0.4 is 15.8 Å². The Bertz CT molecular complexity index is 526. The summed E-state index contributed by atoms with van der Waals surface area (Å²) in [7, 11) is 1.63. The van der Waals surface area contributed by atoms with Gasteiger partial charge in [-0.25, -0.2) is 0 Å². The van der Waals surface area contributed by atoms with Gasteiger partial charge in [0.25, 0.3) is 0 Å². The van der Waals surface area contributed by atoms with Crippen LogP contribution >= 0.6 is 11.6 Å². The molecule has 0 bridgehead atoms. The minimum Gasteiger partial charge on any atom is -0.495 e. The molecule has 0 aliphatic heterocycles. The van der Waals surface area contributed by atoms with Gasteiger partial charge < -0.3 is 15.8 Å². The predicted molar refractivity (Wildman–Crippen MR) is 76.2 cm³/mol. The van der Waals surface area contributed by atoms with Crippen molar-refractivity contribution in [3.8, 4) is 5.75 Å². The molecule has 0 amide bonds. The van der Waals surface area contributed by atoms with Crippen LogP contribution in [0.3, 0.4) is 0 Å². The molecule has 3 N–H and O–H groups in total. The molecule has 0 spiro atoms. The normalized spacial score (nSPS) is 10.1. The maximum Gasteiger partial charge on any atom is 0.144 e. The molecule has 0 aromatic heterocycles. The van der Waals surface area contributed by atoms with E-state index in [1.807, 2.05) is 36.4 Å². The monoisotopic (exact) mass is 262 g/mol. The first-order valence-electron chi connectivity index (χ1n) is 5.61. The number of anilines is 2. The summed E-state index contributed by atoms with van der Waals surface area (Å²) in [6.07, 6.45) is 0. The van der Waals surface area contributed by atoms with Gasteiger partial charge in [0.1, 0.15) is 5.75 Å². The molecule has 2 aromatic carbocycles. The van der Waals surface area contributed by atoms with Crippen LogP contribution in [0.15, 0.2) is 42.5 Å². The van der Waals surface area contributed by atoms with E-state index in [2.05, 4.69) is 5.32 Å². The van der Waals surface area contributed by atoms with Gasteiger partial charge in [-0.15, -0.1) is 0 Å². The van der Waals surface area contributed by atoms with Crippen molar-refractivity contribution in [3.63, 3.8) is 0 Å². The summed E-state index contributed by atoms with van der Waals surface area (Å²) in [5, 5.41) is 4.04. The highest BCUT2D eigenvalue weighted by molar-refractivity contribution is 6.30. The molecular formula is C14H15ClN2O. The summed E-state index contributed by atoms with van der Waals surface area (Å²) >= 11 is 5.84. The number of nitrogens with two attached hydrogens (primary N) is 1. The third-order valence-corrected chi connectivity index (χ3v) is 2.87. The van der Waals surface area contributed by atoms with Crippen LogP contribution in [0.4, 0.5) is 11.4 Å². The van der Waals surface area contributed by atoms with Crippen LogP contribution in [0.5, 0.6) is 5.75 Å². The van der Waals surface area contributed by atoms with Crippen LogP contribution in [0.2, 0.25) is 5.02 Å². The number of ether oxygens (including phenoxy) is 1. The number of halogens is 1. The summed E-state index contributed by atoms with van der Waals surface area (Å²) in [4.78, 5) is 0. The Kier molecular flexibility index (Phi) is 3.95. The molecule has 0 unspecified atom stereocenters. The van der Waals surface area contributed by atoms with Crippen molar-refractivity contribution in [2.75, 3.05) is 18.2 Å². The van der Waals surface area contributed by atoms with E-state index in [-0.39, 0.29) is 0 Å². The van der Waals surface area contributed by atoms with Crippen molar-refractivity contribution in [1.82, 2.24) is 0 Å². The van der Waals surface area contributed by atoms with Gasteiger partial charge in [-0.05, 0) is 29.8 Å². The van der Waals surface area contributed by atoms with Gasteiger partial charge in [0.05, 0.1) is 12.8 Å². The van der Waals surface area contributed by atoms with Crippen molar-refractivity contribution in [1.29, 1.82) is 0 Å². The van der Waals surface area contributed by atoms with Gasteiger partial charge in [0, 0.05) is 23.3 Å². The average Bonchev–Trinajstić information content (AvgIpc) is 2.39. The van der Waals surface area contributed by atoms with Crippen molar-refractivity contribution in [2.24, 2.45) is 0 Å². The summed E-state index contributed by atoms with van der Waals surface area (Å²) in [5.74, 6) is 0.740. The Labute approximate surface area is 112 Å². The van der Waals surface area contributed by atoms with E-state index >= 15 is 0 Å². The van der Waals surface area contributed by atoms with Crippen molar-refractivity contribution in [3.05, 3.63) is 53.1 Å². The highest BCUT2D eigenvalue weighted by atomic mass is 35.5. The highest BCUT2D eigenvalue weighted by Gasteiger charge is 2.02. The van der Waals surface area contributed by atoms with Gasteiger partial charge in [0.15, 0.2) is 0 Å². The van der Waals surface area contributed by atoms with Gasteiger partial charge in [0.2, 0.25) is 0 Å². The van der Waals surface area contributed by atoms with Gasteiger partial charge >= 0.3 is 0 Å². The number of methoxy groups -OCH3 is 1. The average molecular weight is 263 g/mol. The lowest BCUT2D eigenvalue weighted by Gasteiger charge is -2.11. The third-order valence-electron chi connectivity index (χ3n) is 2.62. The molecule has 0 atom stereocenters. The zero-order valence-electron chi connectivity index (χ0n) is 10.1. The topological polar surface area (TPSA) is 47.3 Å². The number of hydrogen-bond acceptors (Lipinski definition) is 3. The fourth-order valence-electron chi connectivity index (χ4n) is 1.65. The molecule has 0 radical (unpaired) electrons. The van der Waals surface area contributed by atoms with E-state index in [1.54, 1.807) is 13.2 Å². The van der Waals surface area contributed by atoms with Gasteiger partial charge in [-0.2, -0.15) is 0 Å². The van der Waals surface area contributed by atoms with Crippen LogP contribution in [0, 0.1) is 0 Å². The SMILES string of the molecule is COc1cc(N)ccc1NCc1ccc(Cl)cc1. The highest BCUT2D eigenvalue weighted by Crippen LogP contribution is 2.27. The fourth-order valence-corrected chi connectivity index (χ4v) is 1.78. The van der Waals surface area contributed by atoms with Crippen LogP contribution in [-0.2, 0) is 6.54 Å². The second kappa shape index (κ2) is 5.65. The zero-order chi connectivity index (χ0) is 13.0. The third kappa shape index (κ3) is 3.08. The van der Waals surface area contributed by atoms with E-state index in [4.69, 9.17) is 22.1 Å².